The first kappa shape index (κ1) is 12.9. The van der Waals surface area contributed by atoms with Crippen molar-refractivity contribution < 1.29 is 4.74 Å². The van der Waals surface area contributed by atoms with Crippen LogP contribution in [0.2, 0.25) is 0 Å². The normalized spacial score (nSPS) is 21.9. The Morgan fingerprint density at radius 2 is 2.26 bits per heavy atom. The molecule has 2 aliphatic heterocycles. The molecule has 0 amide bonds. The molecule has 1 aromatic rings. The summed E-state index contributed by atoms with van der Waals surface area (Å²) in [7, 11) is 0. The lowest BCUT2D eigenvalue weighted by Crippen LogP contribution is -2.28. The summed E-state index contributed by atoms with van der Waals surface area (Å²) in [6.07, 6.45) is 3.66. The predicted molar refractivity (Wildman–Crippen MR) is 78.8 cm³/mol. The topological polar surface area (TPSA) is 24.5 Å². The van der Waals surface area contributed by atoms with Crippen LogP contribution < -0.4 is 10.2 Å². The van der Waals surface area contributed by atoms with Gasteiger partial charge in [-0.25, -0.2) is 0 Å². The van der Waals surface area contributed by atoms with Crippen LogP contribution in [0.4, 0.5) is 5.69 Å². The van der Waals surface area contributed by atoms with E-state index in [1.54, 1.807) is 0 Å². The van der Waals surface area contributed by atoms with E-state index in [4.69, 9.17) is 4.74 Å². The van der Waals surface area contributed by atoms with Crippen molar-refractivity contribution in [3.05, 3.63) is 29.8 Å². The fourth-order valence-electron chi connectivity index (χ4n) is 3.08. The van der Waals surface area contributed by atoms with Crippen LogP contribution in [0.15, 0.2) is 24.3 Å². The lowest BCUT2D eigenvalue weighted by atomic mass is 10.1. The van der Waals surface area contributed by atoms with Crippen LogP contribution in [0, 0.1) is 5.92 Å². The van der Waals surface area contributed by atoms with Crippen LogP contribution in [0.5, 0.6) is 0 Å². The van der Waals surface area contributed by atoms with Gasteiger partial charge in [0, 0.05) is 31.9 Å². The Balaban J connectivity index is 1.34. The van der Waals surface area contributed by atoms with Gasteiger partial charge in [-0.15, -0.1) is 0 Å². The van der Waals surface area contributed by atoms with E-state index in [9.17, 15) is 0 Å². The molecule has 0 saturated carbocycles. The van der Waals surface area contributed by atoms with Crippen molar-refractivity contribution in [3.63, 3.8) is 0 Å². The zero-order valence-corrected chi connectivity index (χ0v) is 11.6. The molecule has 1 unspecified atom stereocenters. The third-order valence-corrected chi connectivity index (χ3v) is 4.22. The highest BCUT2D eigenvalue weighted by Gasteiger charge is 2.17. The largest absolute Gasteiger partial charge is 0.381 e. The first-order chi connectivity index (χ1) is 9.43. The van der Waals surface area contributed by atoms with E-state index in [-0.39, 0.29) is 0 Å². The number of nitrogens with zero attached hydrogens (tertiary/aromatic N) is 1. The first-order valence-electron chi connectivity index (χ1n) is 7.55. The standard InChI is InChI=1S/C16H24N2O/c1-2-5-16-15(4-1)6-10-18(16)9-3-8-17-12-14-7-11-19-13-14/h1-2,4-5,14,17H,3,6-13H2. The molecule has 3 rings (SSSR count). The van der Waals surface area contributed by atoms with Gasteiger partial charge in [-0.2, -0.15) is 0 Å². The van der Waals surface area contributed by atoms with Crippen LogP contribution in [-0.2, 0) is 11.2 Å². The van der Waals surface area contributed by atoms with Gasteiger partial charge in [0.25, 0.3) is 0 Å². The van der Waals surface area contributed by atoms with Crippen molar-refractivity contribution in [1.29, 1.82) is 0 Å². The Labute approximate surface area is 115 Å². The Hall–Kier alpha value is -1.06. The number of nitrogens with one attached hydrogen (secondary N) is 1. The third-order valence-electron chi connectivity index (χ3n) is 4.22. The second-order valence-corrected chi connectivity index (χ2v) is 5.65. The number of benzene rings is 1. The van der Waals surface area contributed by atoms with Gasteiger partial charge in [-0.1, -0.05) is 18.2 Å². The summed E-state index contributed by atoms with van der Waals surface area (Å²) in [5, 5.41) is 3.57. The smallest absolute Gasteiger partial charge is 0.0507 e. The molecule has 0 aromatic heterocycles. The summed E-state index contributed by atoms with van der Waals surface area (Å²) in [6, 6.07) is 8.81. The van der Waals surface area contributed by atoms with Crippen molar-refractivity contribution in [2.75, 3.05) is 44.3 Å². The maximum Gasteiger partial charge on any atom is 0.0507 e. The summed E-state index contributed by atoms with van der Waals surface area (Å²) in [6.45, 7) is 6.51. The van der Waals surface area contributed by atoms with Gasteiger partial charge in [0.1, 0.15) is 0 Å². The highest BCUT2D eigenvalue weighted by molar-refractivity contribution is 5.57. The minimum absolute atomic E-state index is 0.743. The average Bonchev–Trinajstić information content (AvgIpc) is 3.08. The molecule has 0 spiro atoms. The Bertz CT molecular complexity index is 401. The molecule has 1 N–H and O–H groups in total. The van der Waals surface area contributed by atoms with E-state index in [0.29, 0.717) is 0 Å². The number of ether oxygens (including phenoxy) is 1. The molecule has 0 radical (unpaired) electrons. The summed E-state index contributed by atoms with van der Waals surface area (Å²) >= 11 is 0. The number of para-hydroxylation sites is 1. The zero-order valence-electron chi connectivity index (χ0n) is 11.6. The van der Waals surface area contributed by atoms with E-state index >= 15 is 0 Å². The molecule has 19 heavy (non-hydrogen) atoms. The summed E-state index contributed by atoms with van der Waals surface area (Å²) < 4.78 is 5.39. The molecule has 1 saturated heterocycles. The molecule has 0 aliphatic carbocycles. The summed E-state index contributed by atoms with van der Waals surface area (Å²) in [5.41, 5.74) is 2.96. The molecular weight excluding hydrogens is 236 g/mol. The van der Waals surface area contributed by atoms with Gasteiger partial charge in [0.15, 0.2) is 0 Å². The first-order valence-corrected chi connectivity index (χ1v) is 7.55. The van der Waals surface area contributed by atoms with Crippen molar-refractivity contribution in [2.24, 2.45) is 5.92 Å². The zero-order chi connectivity index (χ0) is 12.9. The van der Waals surface area contributed by atoms with Crippen LogP contribution >= 0.6 is 0 Å². The predicted octanol–water partition coefficient (Wildman–Crippen LogP) is 2.07. The van der Waals surface area contributed by atoms with E-state index in [1.807, 2.05) is 0 Å². The second-order valence-electron chi connectivity index (χ2n) is 5.65. The fraction of sp³-hybridized carbons (Fsp3) is 0.625. The van der Waals surface area contributed by atoms with Crippen molar-refractivity contribution in [1.82, 2.24) is 5.32 Å². The Morgan fingerprint density at radius 3 is 3.16 bits per heavy atom. The van der Waals surface area contributed by atoms with E-state index in [2.05, 4.69) is 34.5 Å². The SMILES string of the molecule is c1ccc2c(c1)CCN2CCCNCC1CCOC1. The molecule has 2 aliphatic rings. The van der Waals surface area contributed by atoms with Crippen LogP contribution in [0.1, 0.15) is 18.4 Å². The summed E-state index contributed by atoms with van der Waals surface area (Å²) in [5.74, 6) is 0.743. The molecular formula is C16H24N2O. The lowest BCUT2D eigenvalue weighted by Gasteiger charge is -2.19. The molecule has 0 bridgehead atoms. The number of hydrogen-bond acceptors (Lipinski definition) is 3. The number of anilines is 1. The Kier molecular flexibility index (Phi) is 4.36. The van der Waals surface area contributed by atoms with Crippen LogP contribution in [0.25, 0.3) is 0 Å². The van der Waals surface area contributed by atoms with Gasteiger partial charge in [-0.3, -0.25) is 0 Å². The highest BCUT2D eigenvalue weighted by atomic mass is 16.5. The van der Waals surface area contributed by atoms with Gasteiger partial charge in [0.05, 0.1) is 6.61 Å². The minimum Gasteiger partial charge on any atom is -0.381 e. The molecule has 2 heterocycles. The number of hydrogen-bond donors (Lipinski definition) is 1. The van der Waals surface area contributed by atoms with Crippen molar-refractivity contribution >= 4 is 5.69 Å². The van der Waals surface area contributed by atoms with Crippen LogP contribution in [0.3, 0.4) is 0 Å². The molecule has 104 valence electrons. The molecule has 3 heteroatoms. The van der Waals surface area contributed by atoms with Gasteiger partial charge >= 0.3 is 0 Å². The van der Waals surface area contributed by atoms with E-state index < -0.39 is 0 Å². The van der Waals surface area contributed by atoms with Crippen molar-refractivity contribution in [2.45, 2.75) is 19.3 Å². The lowest BCUT2D eigenvalue weighted by molar-refractivity contribution is 0.185. The minimum atomic E-state index is 0.743. The number of rotatable bonds is 6. The average molecular weight is 260 g/mol. The van der Waals surface area contributed by atoms with E-state index in [1.165, 1.54) is 43.6 Å². The molecule has 1 atom stereocenters. The van der Waals surface area contributed by atoms with E-state index in [0.717, 1.165) is 32.2 Å². The number of fused-ring (bicyclic) bond motifs is 1. The molecule has 3 nitrogen and oxygen atoms in total. The van der Waals surface area contributed by atoms with Gasteiger partial charge < -0.3 is 15.0 Å². The molecule has 1 aromatic carbocycles. The maximum atomic E-state index is 5.39. The van der Waals surface area contributed by atoms with Crippen molar-refractivity contribution in [3.8, 4) is 0 Å². The van der Waals surface area contributed by atoms with Gasteiger partial charge in [0.2, 0.25) is 0 Å². The third kappa shape index (κ3) is 3.28. The fourth-order valence-corrected chi connectivity index (χ4v) is 3.08. The van der Waals surface area contributed by atoms with Crippen LogP contribution in [-0.4, -0.2) is 39.4 Å². The summed E-state index contributed by atoms with van der Waals surface area (Å²) in [4.78, 5) is 2.52. The quantitative estimate of drug-likeness (QED) is 0.792. The molecule has 1 fully saturated rings. The highest BCUT2D eigenvalue weighted by Crippen LogP contribution is 2.27. The Morgan fingerprint density at radius 1 is 1.32 bits per heavy atom. The maximum absolute atomic E-state index is 5.39. The second kappa shape index (κ2) is 6.40. The van der Waals surface area contributed by atoms with Gasteiger partial charge in [-0.05, 0) is 43.4 Å². The monoisotopic (exact) mass is 260 g/mol.